The third-order valence-corrected chi connectivity index (χ3v) is 14.7. The molecule has 15 rings (SSSR count). The van der Waals surface area contributed by atoms with E-state index >= 15 is 0 Å². The summed E-state index contributed by atoms with van der Waals surface area (Å²) in [5.74, 6) is 0. The predicted molar refractivity (Wildman–Crippen MR) is 297 cm³/mol. The molecule has 0 fully saturated rings. The molecule has 0 saturated carbocycles. The predicted octanol–water partition coefficient (Wildman–Crippen LogP) is 18.3. The van der Waals surface area contributed by atoms with Crippen molar-refractivity contribution in [1.29, 1.82) is 0 Å². The summed E-state index contributed by atoms with van der Waals surface area (Å²) in [5, 5.41) is 15.0. The topological polar surface area (TPSA) is 16.3 Å². The lowest BCUT2D eigenvalue weighted by atomic mass is 9.99. The standard InChI is InChI=1S/C66H42N4/c1-5-17-49(18-6-1)67(55-39-47-31-27-43-15-13-25-59-63(43)65(47)61(41-55)69(59)51-21-9-3-10-22-51)53-33-35-57-45(37-53)29-30-46-38-54(34-36-58(46)57)68(50-19-7-2-8-20-50)56-40-48-32-28-44-16-14-26-60-64(44)66(48)62(42-56)70(60)52-23-11-4-12-24-52/h1-42H. The maximum Gasteiger partial charge on any atom is 0.0568 e. The Bertz CT molecular complexity index is 4170. The highest BCUT2D eigenvalue weighted by Gasteiger charge is 2.23. The van der Waals surface area contributed by atoms with Crippen LogP contribution in [-0.4, -0.2) is 9.13 Å². The van der Waals surface area contributed by atoms with Crippen LogP contribution >= 0.6 is 0 Å². The van der Waals surface area contributed by atoms with Crippen molar-refractivity contribution < 1.29 is 0 Å². The lowest BCUT2D eigenvalue weighted by molar-refractivity contribution is 1.18. The summed E-state index contributed by atoms with van der Waals surface area (Å²) in [6, 6.07) is 93.5. The van der Waals surface area contributed by atoms with Crippen molar-refractivity contribution >= 4 is 121 Å². The third kappa shape index (κ3) is 5.77. The molecule has 0 bridgehead atoms. The van der Waals surface area contributed by atoms with Crippen molar-refractivity contribution in [3.63, 3.8) is 0 Å². The number of hydrogen-bond donors (Lipinski definition) is 0. The molecule has 2 aromatic heterocycles. The van der Waals surface area contributed by atoms with Gasteiger partial charge in [0.2, 0.25) is 0 Å². The molecule has 0 atom stereocenters. The number of rotatable bonds is 8. The molecule has 70 heavy (non-hydrogen) atoms. The van der Waals surface area contributed by atoms with Crippen molar-refractivity contribution in [2.24, 2.45) is 0 Å². The molecule has 0 spiro atoms. The Balaban J connectivity index is 0.880. The molecule has 0 N–H and O–H groups in total. The van der Waals surface area contributed by atoms with Crippen LogP contribution in [-0.2, 0) is 0 Å². The van der Waals surface area contributed by atoms with E-state index in [4.69, 9.17) is 0 Å². The SMILES string of the molecule is c1ccc(N(c2ccc3c(ccc4cc(N(c5ccccc5)c5cc6ccc7cccc8c7c6c(c5)n8-c5ccccc5)ccc43)c2)c2cc3ccc4cccc5c4c3c(c2)n5-c2ccccc2)cc1. The number of aromatic nitrogens is 2. The largest absolute Gasteiger partial charge is 0.310 e. The monoisotopic (exact) mass is 890 g/mol. The van der Waals surface area contributed by atoms with Gasteiger partial charge in [-0.15, -0.1) is 0 Å². The van der Waals surface area contributed by atoms with Gasteiger partial charge in [-0.25, -0.2) is 0 Å². The maximum absolute atomic E-state index is 2.43. The molecule has 4 nitrogen and oxygen atoms in total. The van der Waals surface area contributed by atoms with Crippen molar-refractivity contribution in [2.45, 2.75) is 0 Å². The van der Waals surface area contributed by atoms with Gasteiger partial charge in [0, 0.05) is 67.0 Å². The van der Waals surface area contributed by atoms with Crippen LogP contribution in [0.15, 0.2) is 255 Å². The molecular formula is C66H42N4. The van der Waals surface area contributed by atoms with E-state index in [-0.39, 0.29) is 0 Å². The second-order valence-electron chi connectivity index (χ2n) is 18.6. The summed E-state index contributed by atoms with van der Waals surface area (Å²) in [7, 11) is 0. The van der Waals surface area contributed by atoms with Crippen LogP contribution < -0.4 is 9.80 Å². The minimum absolute atomic E-state index is 1.10. The molecule has 2 heterocycles. The smallest absolute Gasteiger partial charge is 0.0568 e. The van der Waals surface area contributed by atoms with Gasteiger partial charge in [0.1, 0.15) is 0 Å². The fourth-order valence-electron chi connectivity index (χ4n) is 11.7. The maximum atomic E-state index is 2.43. The van der Waals surface area contributed by atoms with Gasteiger partial charge in [0.25, 0.3) is 0 Å². The summed E-state index contributed by atoms with van der Waals surface area (Å²) in [5.41, 5.74) is 13.8. The minimum Gasteiger partial charge on any atom is -0.310 e. The Hall–Kier alpha value is -9.38. The Labute approximate surface area is 404 Å². The number of hydrogen-bond acceptors (Lipinski definition) is 2. The molecule has 0 radical (unpaired) electrons. The highest BCUT2D eigenvalue weighted by atomic mass is 15.2. The second-order valence-corrected chi connectivity index (χ2v) is 18.6. The molecular weight excluding hydrogens is 849 g/mol. The number of benzene rings is 13. The van der Waals surface area contributed by atoms with Crippen molar-refractivity contribution in [3.05, 3.63) is 255 Å². The Morgan fingerprint density at radius 1 is 0.214 bits per heavy atom. The highest BCUT2D eigenvalue weighted by molar-refractivity contribution is 6.26. The molecule has 0 saturated heterocycles. The zero-order valence-corrected chi connectivity index (χ0v) is 38.0. The highest BCUT2D eigenvalue weighted by Crippen LogP contribution is 2.47. The summed E-state index contributed by atoms with van der Waals surface area (Å²) in [6.07, 6.45) is 0. The lowest BCUT2D eigenvalue weighted by Crippen LogP contribution is -2.10. The van der Waals surface area contributed by atoms with Gasteiger partial charge in [0.15, 0.2) is 0 Å². The first-order valence-corrected chi connectivity index (χ1v) is 24.1. The first kappa shape index (κ1) is 38.7. The summed E-state index contributed by atoms with van der Waals surface area (Å²) < 4.78 is 4.86. The first-order chi connectivity index (χ1) is 34.7. The second kappa shape index (κ2) is 15.1. The van der Waals surface area contributed by atoms with E-state index in [1.54, 1.807) is 0 Å². The average Bonchev–Trinajstić information content (AvgIpc) is 3.95. The molecule has 0 aliphatic rings. The fourth-order valence-corrected chi connectivity index (χ4v) is 11.7. The van der Waals surface area contributed by atoms with Crippen LogP contribution in [0, 0.1) is 0 Å². The Morgan fingerprint density at radius 2 is 0.571 bits per heavy atom. The number of fused-ring (bicyclic) bond motifs is 3. The van der Waals surface area contributed by atoms with Gasteiger partial charge in [-0.3, -0.25) is 0 Å². The van der Waals surface area contributed by atoms with Crippen LogP contribution in [0.3, 0.4) is 0 Å². The van der Waals surface area contributed by atoms with E-state index in [0.717, 1.165) is 45.5 Å². The van der Waals surface area contributed by atoms with Crippen molar-refractivity contribution in [2.75, 3.05) is 9.80 Å². The van der Waals surface area contributed by atoms with Crippen LogP contribution in [0.5, 0.6) is 0 Å². The number of para-hydroxylation sites is 4. The van der Waals surface area contributed by atoms with Crippen LogP contribution in [0.2, 0.25) is 0 Å². The van der Waals surface area contributed by atoms with Gasteiger partial charge in [-0.1, -0.05) is 146 Å². The molecule has 15 aromatic rings. The van der Waals surface area contributed by atoms with Gasteiger partial charge in [0.05, 0.1) is 22.1 Å². The van der Waals surface area contributed by atoms with E-state index in [1.807, 2.05) is 0 Å². The van der Waals surface area contributed by atoms with Gasteiger partial charge in [-0.2, -0.15) is 0 Å². The molecule has 13 aromatic carbocycles. The Morgan fingerprint density at radius 3 is 1.00 bits per heavy atom. The van der Waals surface area contributed by atoms with E-state index in [2.05, 4.69) is 274 Å². The average molecular weight is 891 g/mol. The van der Waals surface area contributed by atoms with Crippen LogP contribution in [0.4, 0.5) is 34.1 Å². The Kier molecular flexibility index (Phi) is 8.33. The van der Waals surface area contributed by atoms with E-state index in [0.29, 0.717) is 0 Å². The van der Waals surface area contributed by atoms with E-state index < -0.39 is 0 Å². The summed E-state index contributed by atoms with van der Waals surface area (Å²) >= 11 is 0. The molecule has 0 unspecified atom stereocenters. The van der Waals surface area contributed by atoms with Gasteiger partial charge < -0.3 is 18.9 Å². The lowest BCUT2D eigenvalue weighted by Gasteiger charge is -2.27. The first-order valence-electron chi connectivity index (χ1n) is 24.1. The normalized spacial score (nSPS) is 12.0. The van der Waals surface area contributed by atoms with Gasteiger partial charge >= 0.3 is 0 Å². The van der Waals surface area contributed by atoms with Crippen LogP contribution in [0.25, 0.3) is 98.1 Å². The number of nitrogens with zero attached hydrogens (tertiary/aromatic N) is 4. The van der Waals surface area contributed by atoms with Crippen LogP contribution in [0.1, 0.15) is 0 Å². The quantitative estimate of drug-likeness (QED) is 0.141. The van der Waals surface area contributed by atoms with E-state index in [1.165, 1.54) is 86.7 Å². The van der Waals surface area contributed by atoms with Gasteiger partial charge in [-0.05, 0) is 152 Å². The minimum atomic E-state index is 1.10. The summed E-state index contributed by atoms with van der Waals surface area (Å²) in [6.45, 7) is 0. The molecule has 0 amide bonds. The molecule has 4 heteroatoms. The van der Waals surface area contributed by atoms with Crippen molar-refractivity contribution in [1.82, 2.24) is 9.13 Å². The molecule has 0 aliphatic heterocycles. The molecule has 326 valence electrons. The molecule has 0 aliphatic carbocycles. The fraction of sp³-hybridized carbons (Fsp3) is 0. The van der Waals surface area contributed by atoms with E-state index in [9.17, 15) is 0 Å². The van der Waals surface area contributed by atoms with Crippen molar-refractivity contribution in [3.8, 4) is 11.4 Å². The zero-order chi connectivity index (χ0) is 45.9. The summed E-state index contributed by atoms with van der Waals surface area (Å²) in [4.78, 5) is 4.82. The third-order valence-electron chi connectivity index (χ3n) is 14.7. The number of anilines is 6. The zero-order valence-electron chi connectivity index (χ0n) is 38.0.